The maximum absolute atomic E-state index is 12.7. The number of nitrogens with one attached hydrogen (secondary N) is 1. The SMILES string of the molecule is C[C@@H](NC(=O)c1ccc(Cl)c2c1cnn2C)C(=O)N1CCC2(CC1)CC2. The molecule has 6 nitrogen and oxygen atoms in total. The molecular formula is C19H23ClN4O2. The van der Waals surface area contributed by atoms with Gasteiger partial charge in [0, 0.05) is 25.5 Å². The quantitative estimate of drug-likeness (QED) is 0.898. The van der Waals surface area contributed by atoms with Crippen LogP contribution in [-0.4, -0.2) is 45.6 Å². The van der Waals surface area contributed by atoms with Gasteiger partial charge in [0.25, 0.3) is 5.91 Å². The molecule has 2 amide bonds. The average molecular weight is 375 g/mol. The van der Waals surface area contributed by atoms with Crippen LogP contribution < -0.4 is 5.32 Å². The maximum Gasteiger partial charge on any atom is 0.252 e. The molecule has 1 atom stereocenters. The maximum atomic E-state index is 12.7. The number of aromatic nitrogens is 2. The third-order valence-electron chi connectivity index (χ3n) is 5.91. The fourth-order valence-corrected chi connectivity index (χ4v) is 4.22. The van der Waals surface area contributed by atoms with Crippen LogP contribution in [0.3, 0.4) is 0 Å². The van der Waals surface area contributed by atoms with E-state index in [1.54, 1.807) is 37.0 Å². The second-order valence-electron chi connectivity index (χ2n) is 7.65. The zero-order chi connectivity index (χ0) is 18.5. The van der Waals surface area contributed by atoms with Crippen LogP contribution in [0.5, 0.6) is 0 Å². The third kappa shape index (κ3) is 2.96. The number of benzene rings is 1. The van der Waals surface area contributed by atoms with Crippen LogP contribution in [0, 0.1) is 5.41 Å². The Kier molecular flexibility index (Phi) is 4.18. The first kappa shape index (κ1) is 17.3. The van der Waals surface area contributed by atoms with Gasteiger partial charge < -0.3 is 10.2 Å². The van der Waals surface area contributed by atoms with Gasteiger partial charge in [-0.25, -0.2) is 0 Å². The number of halogens is 1. The lowest BCUT2D eigenvalue weighted by atomic mass is 9.93. The van der Waals surface area contributed by atoms with Gasteiger partial charge >= 0.3 is 0 Å². The van der Waals surface area contributed by atoms with Crippen LogP contribution in [0.1, 0.15) is 43.0 Å². The van der Waals surface area contributed by atoms with E-state index in [4.69, 9.17) is 11.6 Å². The number of aryl methyl sites for hydroxylation is 1. The minimum atomic E-state index is -0.557. The Hall–Kier alpha value is -2.08. The number of nitrogens with zero attached hydrogens (tertiary/aromatic N) is 3. The van der Waals surface area contributed by atoms with E-state index < -0.39 is 6.04 Å². The summed E-state index contributed by atoms with van der Waals surface area (Å²) in [4.78, 5) is 27.3. The molecule has 1 saturated carbocycles. The van der Waals surface area contributed by atoms with Gasteiger partial charge in [-0.2, -0.15) is 5.10 Å². The van der Waals surface area contributed by atoms with Crippen LogP contribution in [0.15, 0.2) is 18.3 Å². The van der Waals surface area contributed by atoms with Crippen molar-refractivity contribution in [3.05, 3.63) is 28.9 Å². The Morgan fingerprint density at radius 3 is 2.58 bits per heavy atom. The number of hydrogen-bond donors (Lipinski definition) is 1. The first-order valence-corrected chi connectivity index (χ1v) is 9.48. The van der Waals surface area contributed by atoms with Gasteiger partial charge in [-0.05, 0) is 50.2 Å². The lowest BCUT2D eigenvalue weighted by Crippen LogP contribution is -2.49. The van der Waals surface area contributed by atoms with Crippen LogP contribution in [0.4, 0.5) is 0 Å². The van der Waals surface area contributed by atoms with Gasteiger partial charge in [0.15, 0.2) is 0 Å². The van der Waals surface area contributed by atoms with E-state index in [9.17, 15) is 9.59 Å². The summed E-state index contributed by atoms with van der Waals surface area (Å²) in [5.74, 6) is -0.290. The molecule has 1 N–H and O–H groups in total. The van der Waals surface area contributed by atoms with Crippen molar-refractivity contribution in [1.82, 2.24) is 20.0 Å². The van der Waals surface area contributed by atoms with Crippen molar-refractivity contribution in [2.75, 3.05) is 13.1 Å². The van der Waals surface area contributed by atoms with Gasteiger partial charge in [-0.3, -0.25) is 14.3 Å². The van der Waals surface area contributed by atoms with Crippen molar-refractivity contribution in [1.29, 1.82) is 0 Å². The number of amides is 2. The highest BCUT2D eigenvalue weighted by molar-refractivity contribution is 6.35. The van der Waals surface area contributed by atoms with E-state index in [1.165, 1.54) is 12.8 Å². The van der Waals surface area contributed by atoms with E-state index >= 15 is 0 Å². The van der Waals surface area contributed by atoms with E-state index in [0.717, 1.165) is 25.9 Å². The second-order valence-corrected chi connectivity index (χ2v) is 8.05. The number of hydrogen-bond acceptors (Lipinski definition) is 3. The molecule has 1 aliphatic heterocycles. The molecular weight excluding hydrogens is 352 g/mol. The number of carbonyl (C=O) groups excluding carboxylic acids is 2. The summed E-state index contributed by atoms with van der Waals surface area (Å²) < 4.78 is 1.64. The summed E-state index contributed by atoms with van der Waals surface area (Å²) >= 11 is 6.21. The summed E-state index contributed by atoms with van der Waals surface area (Å²) in [5, 5.41) is 8.25. The van der Waals surface area contributed by atoms with Gasteiger partial charge in [-0.1, -0.05) is 11.6 Å². The van der Waals surface area contributed by atoms with Crippen LogP contribution in [-0.2, 0) is 11.8 Å². The average Bonchev–Trinajstić information content (AvgIpc) is 3.26. The number of likely N-dealkylation sites (tertiary alicyclic amines) is 1. The van der Waals surface area contributed by atoms with Crippen molar-refractivity contribution in [2.24, 2.45) is 12.5 Å². The highest BCUT2D eigenvalue weighted by Crippen LogP contribution is 2.53. The lowest BCUT2D eigenvalue weighted by molar-refractivity contribution is -0.134. The molecule has 138 valence electrons. The van der Waals surface area contributed by atoms with E-state index in [2.05, 4.69) is 10.4 Å². The van der Waals surface area contributed by atoms with Crippen LogP contribution >= 0.6 is 11.6 Å². The molecule has 1 aromatic heterocycles. The number of piperidine rings is 1. The Morgan fingerprint density at radius 2 is 1.92 bits per heavy atom. The Labute approximate surface area is 157 Å². The molecule has 2 aliphatic rings. The molecule has 0 unspecified atom stereocenters. The molecule has 0 radical (unpaired) electrons. The minimum absolute atomic E-state index is 0.00903. The number of fused-ring (bicyclic) bond motifs is 1. The van der Waals surface area contributed by atoms with Gasteiger partial charge in [0.1, 0.15) is 6.04 Å². The molecule has 1 spiro atoms. The predicted molar refractivity (Wildman–Crippen MR) is 100 cm³/mol. The van der Waals surface area contributed by atoms with Crippen LogP contribution in [0.2, 0.25) is 5.02 Å². The number of rotatable bonds is 3. The van der Waals surface area contributed by atoms with Gasteiger partial charge in [0.2, 0.25) is 5.91 Å². The largest absolute Gasteiger partial charge is 0.341 e. The van der Waals surface area contributed by atoms with E-state index in [-0.39, 0.29) is 11.8 Å². The zero-order valence-corrected chi connectivity index (χ0v) is 15.8. The van der Waals surface area contributed by atoms with E-state index in [1.807, 2.05) is 4.90 Å². The molecule has 4 rings (SSSR count). The zero-order valence-electron chi connectivity index (χ0n) is 15.1. The monoisotopic (exact) mass is 374 g/mol. The van der Waals surface area contributed by atoms with Crippen molar-refractivity contribution in [3.8, 4) is 0 Å². The van der Waals surface area contributed by atoms with Crippen molar-refractivity contribution < 1.29 is 9.59 Å². The number of carbonyl (C=O) groups is 2. The first-order chi connectivity index (χ1) is 12.4. The highest BCUT2D eigenvalue weighted by atomic mass is 35.5. The van der Waals surface area contributed by atoms with Crippen molar-refractivity contribution in [2.45, 2.75) is 38.6 Å². The summed E-state index contributed by atoms with van der Waals surface area (Å²) in [7, 11) is 1.78. The highest BCUT2D eigenvalue weighted by Gasteiger charge is 2.45. The van der Waals surface area contributed by atoms with Crippen molar-refractivity contribution in [3.63, 3.8) is 0 Å². The fraction of sp³-hybridized carbons (Fsp3) is 0.526. The third-order valence-corrected chi connectivity index (χ3v) is 6.21. The topological polar surface area (TPSA) is 67.2 Å². The Morgan fingerprint density at radius 1 is 1.23 bits per heavy atom. The van der Waals surface area contributed by atoms with Gasteiger partial charge in [-0.15, -0.1) is 0 Å². The molecule has 2 heterocycles. The Bertz CT molecular complexity index is 877. The standard InChI is InChI=1S/C19H23ClN4O2/c1-12(18(26)24-9-7-19(5-6-19)8-10-24)22-17(25)13-3-4-15(20)16-14(13)11-21-23(16)2/h3-4,11-12H,5-10H2,1-2H3,(H,22,25)/t12-/m1/s1. The van der Waals surface area contributed by atoms with Crippen LogP contribution in [0.25, 0.3) is 10.9 Å². The molecule has 2 aromatic rings. The minimum Gasteiger partial charge on any atom is -0.341 e. The Balaban J connectivity index is 1.46. The molecule has 1 saturated heterocycles. The molecule has 0 bridgehead atoms. The summed E-state index contributed by atoms with van der Waals surface area (Å²) in [6, 6.07) is 2.81. The molecule has 26 heavy (non-hydrogen) atoms. The summed E-state index contributed by atoms with van der Waals surface area (Å²) in [5.41, 5.74) is 1.72. The lowest BCUT2D eigenvalue weighted by Gasteiger charge is -2.33. The first-order valence-electron chi connectivity index (χ1n) is 9.10. The fourth-order valence-electron chi connectivity index (χ4n) is 3.93. The predicted octanol–water partition coefficient (Wildman–Crippen LogP) is 2.75. The molecule has 1 aliphatic carbocycles. The molecule has 2 fully saturated rings. The molecule has 7 heteroatoms. The van der Waals surface area contributed by atoms with Gasteiger partial charge in [0.05, 0.1) is 22.3 Å². The van der Waals surface area contributed by atoms with E-state index in [0.29, 0.717) is 26.9 Å². The summed E-state index contributed by atoms with van der Waals surface area (Å²) in [6.45, 7) is 3.35. The summed E-state index contributed by atoms with van der Waals surface area (Å²) in [6.07, 6.45) is 6.42. The molecule has 1 aromatic carbocycles. The normalized spacial score (nSPS) is 19.6. The van der Waals surface area contributed by atoms with Crippen molar-refractivity contribution >= 4 is 34.3 Å². The second kappa shape index (κ2) is 6.27. The smallest absolute Gasteiger partial charge is 0.252 e.